The normalized spacial score (nSPS) is 21.7. The summed E-state index contributed by atoms with van der Waals surface area (Å²) >= 11 is 1.33. The molecular weight excluding hydrogens is 272 g/mol. The van der Waals surface area contributed by atoms with Gasteiger partial charge in [0.1, 0.15) is 0 Å². The highest BCUT2D eigenvalue weighted by atomic mass is 32.1. The molecule has 1 aliphatic rings. The van der Waals surface area contributed by atoms with Crippen LogP contribution in [0.2, 0.25) is 0 Å². The first-order chi connectivity index (χ1) is 9.03. The Kier molecular flexibility index (Phi) is 2.94. The quantitative estimate of drug-likeness (QED) is 0.888. The van der Waals surface area contributed by atoms with Crippen LogP contribution in [0.1, 0.15) is 6.42 Å². The maximum Gasteiger partial charge on any atom is 0.262 e. The fourth-order valence-corrected chi connectivity index (χ4v) is 2.89. The predicted octanol–water partition coefficient (Wildman–Crippen LogP) is 2.23. The summed E-state index contributed by atoms with van der Waals surface area (Å²) < 4.78 is 27.0. The van der Waals surface area contributed by atoms with Crippen LogP contribution in [-0.4, -0.2) is 29.4 Å². The minimum Gasteiger partial charge on any atom is -0.301 e. The lowest BCUT2D eigenvalue weighted by atomic mass is 10.2. The van der Waals surface area contributed by atoms with Gasteiger partial charge in [-0.3, -0.25) is 10.1 Å². The fourth-order valence-electron chi connectivity index (χ4n) is 2.02. The van der Waals surface area contributed by atoms with Crippen LogP contribution in [0, 0.1) is 0 Å². The average Bonchev–Trinajstić information content (AvgIpc) is 2.91. The lowest BCUT2D eigenvalue weighted by molar-refractivity contribution is -0.118. The number of nitrogens with one attached hydrogen (secondary N) is 2. The molecule has 2 heterocycles. The van der Waals surface area contributed by atoms with Crippen molar-refractivity contribution in [3.05, 3.63) is 24.3 Å². The number of halogens is 2. The SMILES string of the molecule is O=C(Nc1nc2ccccc2s1)C1CC(F)(F)CN1. The Morgan fingerprint density at radius 3 is 2.95 bits per heavy atom. The number of thiazole rings is 1. The van der Waals surface area contributed by atoms with Crippen molar-refractivity contribution in [3.8, 4) is 0 Å². The second-order valence-electron chi connectivity index (χ2n) is 4.47. The molecule has 19 heavy (non-hydrogen) atoms. The number of hydrogen-bond acceptors (Lipinski definition) is 4. The van der Waals surface area contributed by atoms with E-state index >= 15 is 0 Å². The standard InChI is InChI=1S/C12H11F2N3OS/c13-12(14)5-8(15-6-12)10(18)17-11-16-7-3-1-2-4-9(7)19-11/h1-4,8,15H,5-6H2,(H,16,17,18). The van der Waals surface area contributed by atoms with Crippen molar-refractivity contribution in [1.29, 1.82) is 0 Å². The van der Waals surface area contributed by atoms with Crippen molar-refractivity contribution in [2.24, 2.45) is 0 Å². The van der Waals surface area contributed by atoms with Gasteiger partial charge in [-0.15, -0.1) is 0 Å². The van der Waals surface area contributed by atoms with Crippen molar-refractivity contribution in [2.45, 2.75) is 18.4 Å². The Morgan fingerprint density at radius 1 is 1.47 bits per heavy atom. The summed E-state index contributed by atoms with van der Waals surface area (Å²) in [5, 5.41) is 5.53. The van der Waals surface area contributed by atoms with Crippen molar-refractivity contribution in [1.82, 2.24) is 10.3 Å². The fraction of sp³-hybridized carbons (Fsp3) is 0.333. The number of amides is 1. The maximum atomic E-state index is 13.0. The van der Waals surface area contributed by atoms with Crippen LogP contribution >= 0.6 is 11.3 Å². The summed E-state index contributed by atoms with van der Waals surface area (Å²) in [5.41, 5.74) is 0.785. The number of alkyl halides is 2. The van der Waals surface area contributed by atoms with Crippen LogP contribution < -0.4 is 10.6 Å². The Balaban J connectivity index is 1.73. The van der Waals surface area contributed by atoms with Gasteiger partial charge in [-0.05, 0) is 12.1 Å². The van der Waals surface area contributed by atoms with Crippen LogP contribution in [0.4, 0.5) is 13.9 Å². The Morgan fingerprint density at radius 2 is 2.26 bits per heavy atom. The van der Waals surface area contributed by atoms with Gasteiger partial charge in [0.2, 0.25) is 5.91 Å². The first-order valence-corrected chi connectivity index (χ1v) is 6.63. The van der Waals surface area contributed by atoms with Gasteiger partial charge in [0.15, 0.2) is 5.13 Å². The molecule has 1 saturated heterocycles. The maximum absolute atomic E-state index is 13.0. The highest BCUT2D eigenvalue weighted by Gasteiger charge is 2.42. The number of carbonyl (C=O) groups is 1. The van der Waals surface area contributed by atoms with E-state index in [9.17, 15) is 13.6 Å². The summed E-state index contributed by atoms with van der Waals surface area (Å²) in [5.74, 6) is -3.27. The lowest BCUT2D eigenvalue weighted by Gasteiger charge is -2.08. The van der Waals surface area contributed by atoms with E-state index in [0.29, 0.717) is 5.13 Å². The molecule has 1 aromatic heterocycles. The number of hydrogen-bond donors (Lipinski definition) is 2. The first kappa shape index (κ1) is 12.4. The summed E-state index contributed by atoms with van der Waals surface area (Å²) in [6.07, 6.45) is -0.469. The molecule has 0 aliphatic carbocycles. The van der Waals surface area contributed by atoms with Gasteiger partial charge in [-0.25, -0.2) is 13.8 Å². The summed E-state index contributed by atoms with van der Waals surface area (Å²) in [6, 6.07) is 6.61. The Bertz CT molecular complexity index is 595. The number of benzene rings is 1. The molecule has 1 aromatic carbocycles. The smallest absolute Gasteiger partial charge is 0.262 e. The molecule has 7 heteroatoms. The minimum atomic E-state index is -2.81. The second-order valence-corrected chi connectivity index (χ2v) is 5.50. The molecule has 1 amide bonds. The molecule has 1 atom stereocenters. The van der Waals surface area contributed by atoms with E-state index in [1.165, 1.54) is 11.3 Å². The van der Waals surface area contributed by atoms with Gasteiger partial charge < -0.3 is 5.32 Å². The van der Waals surface area contributed by atoms with Crippen LogP contribution in [0.15, 0.2) is 24.3 Å². The van der Waals surface area contributed by atoms with Crippen LogP contribution in [0.25, 0.3) is 10.2 Å². The molecule has 0 radical (unpaired) electrons. The molecule has 4 nitrogen and oxygen atoms in total. The number of nitrogens with zero attached hydrogens (tertiary/aromatic N) is 1. The molecule has 0 saturated carbocycles. The summed E-state index contributed by atoms with van der Waals surface area (Å²) in [7, 11) is 0. The van der Waals surface area contributed by atoms with E-state index < -0.39 is 30.8 Å². The second kappa shape index (κ2) is 4.50. The number of para-hydroxylation sites is 1. The third kappa shape index (κ3) is 2.57. The lowest BCUT2D eigenvalue weighted by Crippen LogP contribution is -2.35. The predicted molar refractivity (Wildman–Crippen MR) is 69.6 cm³/mol. The van der Waals surface area contributed by atoms with E-state index in [1.807, 2.05) is 24.3 Å². The molecule has 1 aliphatic heterocycles. The summed E-state index contributed by atoms with van der Waals surface area (Å²) in [4.78, 5) is 16.1. The van der Waals surface area contributed by atoms with Gasteiger partial charge >= 0.3 is 0 Å². The summed E-state index contributed by atoms with van der Waals surface area (Å²) in [6.45, 7) is -0.453. The Labute approximate surface area is 111 Å². The van der Waals surface area contributed by atoms with Gasteiger partial charge in [0.05, 0.1) is 22.8 Å². The highest BCUT2D eigenvalue weighted by molar-refractivity contribution is 7.22. The molecule has 100 valence electrons. The van der Waals surface area contributed by atoms with Crippen molar-refractivity contribution >= 4 is 32.6 Å². The number of carbonyl (C=O) groups excluding carboxylic acids is 1. The van der Waals surface area contributed by atoms with Gasteiger partial charge in [0.25, 0.3) is 5.92 Å². The number of anilines is 1. The largest absolute Gasteiger partial charge is 0.301 e. The topological polar surface area (TPSA) is 54.0 Å². The van der Waals surface area contributed by atoms with E-state index in [-0.39, 0.29) is 0 Å². The molecule has 1 unspecified atom stereocenters. The highest BCUT2D eigenvalue weighted by Crippen LogP contribution is 2.28. The molecule has 0 bridgehead atoms. The first-order valence-electron chi connectivity index (χ1n) is 5.81. The molecule has 0 spiro atoms. The van der Waals surface area contributed by atoms with E-state index in [4.69, 9.17) is 0 Å². The van der Waals surface area contributed by atoms with Crippen molar-refractivity contribution < 1.29 is 13.6 Å². The average molecular weight is 283 g/mol. The van der Waals surface area contributed by atoms with Gasteiger partial charge in [-0.2, -0.15) is 0 Å². The number of aromatic nitrogens is 1. The van der Waals surface area contributed by atoms with Crippen LogP contribution in [0.3, 0.4) is 0 Å². The molecule has 1 fully saturated rings. The van der Waals surface area contributed by atoms with Gasteiger partial charge in [-0.1, -0.05) is 23.5 Å². The third-order valence-electron chi connectivity index (χ3n) is 2.95. The van der Waals surface area contributed by atoms with Crippen molar-refractivity contribution in [2.75, 3.05) is 11.9 Å². The number of fused-ring (bicyclic) bond motifs is 1. The van der Waals surface area contributed by atoms with Crippen LogP contribution in [-0.2, 0) is 4.79 Å². The van der Waals surface area contributed by atoms with E-state index in [1.54, 1.807) is 0 Å². The number of rotatable bonds is 2. The van der Waals surface area contributed by atoms with Crippen molar-refractivity contribution in [3.63, 3.8) is 0 Å². The molecule has 2 aromatic rings. The van der Waals surface area contributed by atoms with Gasteiger partial charge in [0, 0.05) is 6.42 Å². The molecule has 3 rings (SSSR count). The van der Waals surface area contributed by atoms with E-state index in [2.05, 4.69) is 15.6 Å². The molecular formula is C12H11F2N3OS. The zero-order valence-corrected chi connectivity index (χ0v) is 10.6. The third-order valence-corrected chi connectivity index (χ3v) is 3.90. The zero-order chi connectivity index (χ0) is 13.5. The van der Waals surface area contributed by atoms with E-state index in [0.717, 1.165) is 10.2 Å². The monoisotopic (exact) mass is 283 g/mol. The minimum absolute atomic E-state index is 0.434. The Hall–Kier alpha value is -1.60. The zero-order valence-electron chi connectivity index (χ0n) is 9.82. The molecule has 2 N–H and O–H groups in total. The van der Waals surface area contributed by atoms with Crippen LogP contribution in [0.5, 0.6) is 0 Å².